The second-order valence-corrected chi connectivity index (χ2v) is 5.67. The third-order valence-electron chi connectivity index (χ3n) is 3.82. The largest absolute Gasteiger partial charge is 0.505 e. The van der Waals surface area contributed by atoms with Crippen LogP contribution in [0.5, 0.6) is 5.75 Å². The molecule has 0 aliphatic rings. The maximum Gasteiger partial charge on any atom is 0.251 e. The number of phenolic OH excluding ortho intramolecular Hbond substituents is 1. The Kier molecular flexibility index (Phi) is 6.96. The van der Waals surface area contributed by atoms with Crippen LogP contribution in [0.3, 0.4) is 0 Å². The average molecular weight is 358 g/mol. The molecule has 1 amide bonds. The summed E-state index contributed by atoms with van der Waals surface area (Å²) < 4.78 is 13.3. The third-order valence-corrected chi connectivity index (χ3v) is 3.82. The maximum absolute atomic E-state index is 13.3. The lowest BCUT2D eigenvalue weighted by Crippen LogP contribution is -2.37. The first-order valence-electron chi connectivity index (χ1n) is 8.26. The summed E-state index contributed by atoms with van der Waals surface area (Å²) in [4.78, 5) is 15.8. The number of hydrogen-bond acceptors (Lipinski definition) is 3. The molecule has 26 heavy (non-hydrogen) atoms. The molecule has 138 valence electrons. The van der Waals surface area contributed by atoms with Crippen LogP contribution in [0, 0.1) is 5.82 Å². The van der Waals surface area contributed by atoms with Gasteiger partial charge in [-0.15, -0.1) is 0 Å². The lowest BCUT2D eigenvalue weighted by Gasteiger charge is -2.12. The van der Waals surface area contributed by atoms with Gasteiger partial charge in [0.2, 0.25) is 0 Å². The zero-order valence-electron chi connectivity index (χ0n) is 14.8. The van der Waals surface area contributed by atoms with Gasteiger partial charge in [-0.25, -0.2) is 4.39 Å². The van der Waals surface area contributed by atoms with Gasteiger partial charge in [-0.1, -0.05) is 18.2 Å². The number of guanidine groups is 1. The van der Waals surface area contributed by atoms with Crippen LogP contribution in [0.25, 0.3) is 0 Å². The molecule has 0 saturated heterocycles. The van der Waals surface area contributed by atoms with Gasteiger partial charge in [0.25, 0.3) is 5.91 Å². The van der Waals surface area contributed by atoms with Crippen molar-refractivity contribution >= 4 is 11.9 Å². The summed E-state index contributed by atoms with van der Waals surface area (Å²) in [6.45, 7) is 1.00. The average Bonchev–Trinajstić information content (AvgIpc) is 2.66. The lowest BCUT2D eigenvalue weighted by atomic mass is 10.1. The number of carbonyl (C=O) groups excluding carboxylic acids is 1. The van der Waals surface area contributed by atoms with Crippen molar-refractivity contribution < 1.29 is 14.3 Å². The molecular weight excluding hydrogens is 335 g/mol. The Balaban J connectivity index is 1.83. The summed E-state index contributed by atoms with van der Waals surface area (Å²) in [5.41, 5.74) is 2.36. The van der Waals surface area contributed by atoms with E-state index in [9.17, 15) is 14.3 Å². The van der Waals surface area contributed by atoms with E-state index in [-0.39, 0.29) is 11.7 Å². The van der Waals surface area contributed by atoms with E-state index in [1.807, 2.05) is 18.2 Å². The summed E-state index contributed by atoms with van der Waals surface area (Å²) in [6, 6.07) is 11.7. The van der Waals surface area contributed by atoms with Crippen molar-refractivity contribution in [2.75, 3.05) is 20.6 Å². The molecule has 2 rings (SSSR count). The van der Waals surface area contributed by atoms with Crippen molar-refractivity contribution in [3.63, 3.8) is 0 Å². The molecule has 0 atom stereocenters. The summed E-state index contributed by atoms with van der Waals surface area (Å²) in [5, 5.41) is 18.1. The highest BCUT2D eigenvalue weighted by Gasteiger charge is 2.05. The smallest absolute Gasteiger partial charge is 0.251 e. The highest BCUT2D eigenvalue weighted by atomic mass is 19.1. The molecule has 2 aromatic rings. The normalized spacial score (nSPS) is 11.1. The van der Waals surface area contributed by atoms with Gasteiger partial charge in [0.05, 0.1) is 0 Å². The molecule has 0 saturated carbocycles. The number of phenols is 1. The van der Waals surface area contributed by atoms with Gasteiger partial charge < -0.3 is 21.1 Å². The first-order valence-corrected chi connectivity index (χ1v) is 8.26. The van der Waals surface area contributed by atoms with Crippen LogP contribution in [0.4, 0.5) is 4.39 Å². The molecule has 0 aromatic heterocycles. The number of aromatic hydroxyl groups is 1. The zero-order chi connectivity index (χ0) is 18.9. The first-order chi connectivity index (χ1) is 12.5. The van der Waals surface area contributed by atoms with Crippen LogP contribution in [-0.4, -0.2) is 37.6 Å². The van der Waals surface area contributed by atoms with Crippen molar-refractivity contribution in [1.29, 1.82) is 0 Å². The predicted octanol–water partition coefficient (Wildman–Crippen LogP) is 1.80. The number of nitrogens with one attached hydrogen (secondary N) is 3. The summed E-state index contributed by atoms with van der Waals surface area (Å²) in [6.07, 6.45) is 0.722. The van der Waals surface area contributed by atoms with E-state index in [1.54, 1.807) is 26.2 Å². The van der Waals surface area contributed by atoms with Gasteiger partial charge in [0, 0.05) is 32.7 Å². The van der Waals surface area contributed by atoms with E-state index in [0.29, 0.717) is 30.2 Å². The van der Waals surface area contributed by atoms with Gasteiger partial charge in [-0.3, -0.25) is 9.79 Å². The second-order valence-electron chi connectivity index (χ2n) is 5.67. The van der Waals surface area contributed by atoms with Crippen LogP contribution in [-0.2, 0) is 13.0 Å². The van der Waals surface area contributed by atoms with E-state index in [2.05, 4.69) is 20.9 Å². The number of carbonyl (C=O) groups is 1. The summed E-state index contributed by atoms with van der Waals surface area (Å²) in [5.74, 6) is -0.544. The Bertz CT molecular complexity index is 793. The zero-order valence-corrected chi connectivity index (χ0v) is 14.8. The number of hydrogen-bond donors (Lipinski definition) is 4. The number of nitrogens with zero attached hydrogens (tertiary/aromatic N) is 1. The first kappa shape index (κ1) is 19.2. The standard InChI is InChI=1S/C19H23FN4O2/c1-21-18(26)15-5-3-4-13(10-15)8-9-23-19(22-2)24-12-14-6-7-17(25)16(20)11-14/h3-7,10-11,25H,8-9,12H2,1-2H3,(H,21,26)(H2,22,23,24). The van der Waals surface area contributed by atoms with Crippen LogP contribution in [0.15, 0.2) is 47.5 Å². The van der Waals surface area contributed by atoms with E-state index in [0.717, 1.165) is 12.0 Å². The number of amides is 1. The van der Waals surface area contributed by atoms with Crippen molar-refractivity contribution in [3.8, 4) is 5.75 Å². The number of aliphatic imine (C=N–C) groups is 1. The van der Waals surface area contributed by atoms with Gasteiger partial charge in [0.1, 0.15) is 0 Å². The summed E-state index contributed by atoms with van der Waals surface area (Å²) in [7, 11) is 3.26. The van der Waals surface area contributed by atoms with Crippen LogP contribution >= 0.6 is 0 Å². The molecule has 0 spiro atoms. The Morgan fingerprint density at radius 1 is 1.15 bits per heavy atom. The van der Waals surface area contributed by atoms with Gasteiger partial charge in [-0.05, 0) is 41.8 Å². The van der Waals surface area contributed by atoms with E-state index >= 15 is 0 Å². The quantitative estimate of drug-likeness (QED) is 0.469. The fraction of sp³-hybridized carbons (Fsp3) is 0.263. The number of halogens is 1. The van der Waals surface area contributed by atoms with Crippen LogP contribution in [0.1, 0.15) is 21.5 Å². The molecular formula is C19H23FN4O2. The highest BCUT2D eigenvalue weighted by molar-refractivity contribution is 5.94. The Hall–Kier alpha value is -3.09. The number of rotatable bonds is 6. The van der Waals surface area contributed by atoms with E-state index in [4.69, 9.17) is 0 Å². The lowest BCUT2D eigenvalue weighted by molar-refractivity contribution is 0.0963. The minimum atomic E-state index is -0.650. The number of benzene rings is 2. The predicted molar refractivity (Wildman–Crippen MR) is 99.8 cm³/mol. The molecule has 4 N–H and O–H groups in total. The summed E-state index contributed by atoms with van der Waals surface area (Å²) >= 11 is 0. The van der Waals surface area contributed by atoms with E-state index in [1.165, 1.54) is 12.1 Å². The molecule has 0 bridgehead atoms. The Labute approximate surface area is 152 Å². The van der Waals surface area contributed by atoms with Gasteiger partial charge >= 0.3 is 0 Å². The molecule has 0 aliphatic carbocycles. The van der Waals surface area contributed by atoms with Crippen molar-refractivity contribution in [1.82, 2.24) is 16.0 Å². The van der Waals surface area contributed by atoms with Crippen LogP contribution < -0.4 is 16.0 Å². The Morgan fingerprint density at radius 2 is 1.96 bits per heavy atom. The molecule has 2 aromatic carbocycles. The van der Waals surface area contributed by atoms with Crippen molar-refractivity contribution in [2.24, 2.45) is 4.99 Å². The van der Waals surface area contributed by atoms with Gasteiger partial charge in [0.15, 0.2) is 17.5 Å². The Morgan fingerprint density at radius 3 is 2.65 bits per heavy atom. The molecule has 0 unspecified atom stereocenters. The van der Waals surface area contributed by atoms with Crippen LogP contribution in [0.2, 0.25) is 0 Å². The monoisotopic (exact) mass is 358 g/mol. The molecule has 0 radical (unpaired) electrons. The van der Waals surface area contributed by atoms with Crippen molar-refractivity contribution in [2.45, 2.75) is 13.0 Å². The molecule has 0 heterocycles. The minimum Gasteiger partial charge on any atom is -0.505 e. The fourth-order valence-corrected chi connectivity index (χ4v) is 2.40. The van der Waals surface area contributed by atoms with Gasteiger partial charge in [-0.2, -0.15) is 0 Å². The van der Waals surface area contributed by atoms with Crippen molar-refractivity contribution in [3.05, 3.63) is 65.0 Å². The minimum absolute atomic E-state index is 0.113. The highest BCUT2D eigenvalue weighted by Crippen LogP contribution is 2.15. The molecule has 0 fully saturated rings. The second kappa shape index (κ2) is 9.41. The maximum atomic E-state index is 13.3. The van der Waals surface area contributed by atoms with E-state index < -0.39 is 5.82 Å². The molecule has 7 heteroatoms. The molecule has 6 nitrogen and oxygen atoms in total. The fourth-order valence-electron chi connectivity index (χ4n) is 2.40. The SMILES string of the molecule is CN=C(NCCc1cccc(C(=O)NC)c1)NCc1ccc(O)c(F)c1. The third kappa shape index (κ3) is 5.47. The topological polar surface area (TPSA) is 85.8 Å². The molecule has 0 aliphatic heterocycles.